The van der Waals surface area contributed by atoms with E-state index in [-0.39, 0.29) is 0 Å². The Morgan fingerprint density at radius 2 is 0.980 bits per heavy atom. The van der Waals surface area contributed by atoms with Crippen LogP contribution in [0.25, 0.3) is 84.5 Å². The molecule has 5 heteroatoms. The summed E-state index contributed by atoms with van der Waals surface area (Å²) in [5.74, 6) is 2.08. The average Bonchev–Trinajstić information content (AvgIpc) is 3.88. The van der Waals surface area contributed by atoms with Gasteiger partial charge < -0.3 is 4.42 Å². The van der Waals surface area contributed by atoms with E-state index in [1.165, 1.54) is 5.56 Å². The number of nitrogens with zero attached hydrogens (tertiary/aromatic N) is 4. The van der Waals surface area contributed by atoms with Crippen LogP contribution in [0.4, 0.5) is 0 Å². The minimum absolute atomic E-state index is 0.547. The van der Waals surface area contributed by atoms with Gasteiger partial charge in [0.15, 0.2) is 11.6 Å². The van der Waals surface area contributed by atoms with E-state index in [9.17, 15) is 0 Å². The Labute approximate surface area is 289 Å². The Morgan fingerprint density at radius 1 is 0.400 bits per heavy atom. The predicted octanol–water partition coefficient (Wildman–Crippen LogP) is 11.4. The number of hydrogen-bond donors (Lipinski definition) is 0. The molecule has 0 atom stereocenters. The lowest BCUT2D eigenvalue weighted by Crippen LogP contribution is -1.97. The zero-order valence-electron chi connectivity index (χ0n) is 27.0. The summed E-state index contributed by atoms with van der Waals surface area (Å²) in [7, 11) is 0. The maximum absolute atomic E-state index is 5.74. The fourth-order valence-electron chi connectivity index (χ4n) is 6.45. The summed E-state index contributed by atoms with van der Waals surface area (Å²) in [6.45, 7) is 0. The van der Waals surface area contributed by atoms with E-state index in [1.54, 1.807) is 6.26 Å². The Bertz CT molecular complexity index is 2550. The van der Waals surface area contributed by atoms with Gasteiger partial charge in [-0.15, -0.1) is 0 Å². The first-order valence-electron chi connectivity index (χ1n) is 16.6. The molecule has 0 radical (unpaired) electrons. The molecule has 3 aromatic heterocycles. The van der Waals surface area contributed by atoms with Crippen LogP contribution >= 0.6 is 0 Å². The number of para-hydroxylation sites is 3. The second kappa shape index (κ2) is 12.6. The Morgan fingerprint density at radius 3 is 1.72 bits per heavy atom. The largest absolute Gasteiger partial charge is 0.461 e. The van der Waals surface area contributed by atoms with Crippen LogP contribution < -0.4 is 0 Å². The molecule has 0 aliphatic carbocycles. The van der Waals surface area contributed by atoms with E-state index >= 15 is 0 Å². The Hall–Kier alpha value is -6.85. The molecule has 0 unspecified atom stereocenters. The first-order chi connectivity index (χ1) is 24.8. The van der Waals surface area contributed by atoms with Crippen molar-refractivity contribution in [3.63, 3.8) is 0 Å². The van der Waals surface area contributed by atoms with Crippen molar-refractivity contribution in [3.05, 3.63) is 182 Å². The maximum Gasteiger partial charge on any atom is 0.196 e. The molecule has 0 fully saturated rings. The molecule has 5 nitrogen and oxygen atoms in total. The van der Waals surface area contributed by atoms with Gasteiger partial charge in [-0.3, -0.25) is 4.57 Å². The molecule has 9 rings (SSSR count). The lowest BCUT2D eigenvalue weighted by Gasteiger charge is -2.11. The summed E-state index contributed by atoms with van der Waals surface area (Å²) in [5, 5.41) is 0. The SMILES string of the molecule is c1ccc(-c2ccc(-c3cc(-c4cccc(-c5ccc(-c6nc7ccccc7n6-c6ccccc6)cc5)c4)nc(-c4ccco4)n3)cc2)cc1. The summed E-state index contributed by atoms with van der Waals surface area (Å²) >= 11 is 0. The minimum atomic E-state index is 0.547. The summed E-state index contributed by atoms with van der Waals surface area (Å²) in [6, 6.07) is 60.5. The highest BCUT2D eigenvalue weighted by Crippen LogP contribution is 2.33. The maximum atomic E-state index is 5.74. The second-order valence-corrected chi connectivity index (χ2v) is 12.1. The third kappa shape index (κ3) is 5.57. The Balaban J connectivity index is 1.07. The molecule has 0 spiro atoms. The molecule has 9 aromatic rings. The molecule has 0 aliphatic heterocycles. The van der Waals surface area contributed by atoms with Crippen LogP contribution in [0.2, 0.25) is 0 Å². The normalized spacial score (nSPS) is 11.2. The molecule has 236 valence electrons. The molecule has 3 heterocycles. The molecule has 0 saturated carbocycles. The molecule has 50 heavy (non-hydrogen) atoms. The van der Waals surface area contributed by atoms with Crippen LogP contribution in [0.15, 0.2) is 187 Å². The minimum Gasteiger partial charge on any atom is -0.461 e. The quantitative estimate of drug-likeness (QED) is 0.174. The van der Waals surface area contributed by atoms with Crippen molar-refractivity contribution >= 4 is 11.0 Å². The van der Waals surface area contributed by atoms with Crippen LogP contribution in [0.5, 0.6) is 0 Å². The van der Waals surface area contributed by atoms with Crippen molar-refractivity contribution in [1.82, 2.24) is 19.5 Å². The zero-order chi connectivity index (χ0) is 33.3. The predicted molar refractivity (Wildman–Crippen MR) is 202 cm³/mol. The number of hydrogen-bond acceptors (Lipinski definition) is 4. The van der Waals surface area contributed by atoms with E-state index in [2.05, 4.69) is 150 Å². The van der Waals surface area contributed by atoms with Gasteiger partial charge in [0.1, 0.15) is 5.82 Å². The highest BCUT2D eigenvalue weighted by Gasteiger charge is 2.16. The van der Waals surface area contributed by atoms with Crippen LogP contribution in [-0.4, -0.2) is 19.5 Å². The van der Waals surface area contributed by atoms with Crippen molar-refractivity contribution in [1.29, 1.82) is 0 Å². The van der Waals surface area contributed by atoms with E-state index in [1.807, 2.05) is 30.3 Å². The number of fused-ring (bicyclic) bond motifs is 1. The number of aromatic nitrogens is 4. The lowest BCUT2D eigenvalue weighted by molar-refractivity contribution is 0.577. The molecular formula is C45H30N4O. The van der Waals surface area contributed by atoms with Crippen molar-refractivity contribution < 1.29 is 4.42 Å². The number of rotatable bonds is 7. The number of furan rings is 1. The van der Waals surface area contributed by atoms with Crippen molar-refractivity contribution in [2.45, 2.75) is 0 Å². The van der Waals surface area contributed by atoms with Gasteiger partial charge in [-0.25, -0.2) is 15.0 Å². The van der Waals surface area contributed by atoms with Gasteiger partial charge in [-0.05, 0) is 70.8 Å². The van der Waals surface area contributed by atoms with E-state index in [0.717, 1.165) is 67.3 Å². The van der Waals surface area contributed by atoms with Gasteiger partial charge >= 0.3 is 0 Å². The summed E-state index contributed by atoms with van der Waals surface area (Å²) < 4.78 is 7.97. The molecule has 0 bridgehead atoms. The molecule has 6 aromatic carbocycles. The summed E-state index contributed by atoms with van der Waals surface area (Å²) in [6.07, 6.45) is 1.65. The zero-order valence-corrected chi connectivity index (χ0v) is 27.0. The van der Waals surface area contributed by atoms with Crippen LogP contribution in [0.1, 0.15) is 0 Å². The smallest absolute Gasteiger partial charge is 0.196 e. The standard InChI is InChI=1S/C45H30N4O/c1-3-11-31(12-4-1)32-20-24-34(25-21-32)40-30-41(47-44(46-40)43-19-10-28-50-43)37-14-9-13-36(29-37)33-22-26-35(27-23-33)45-48-39-17-7-8-18-42(39)49(45)38-15-5-2-6-16-38/h1-30H. The summed E-state index contributed by atoms with van der Waals surface area (Å²) in [4.78, 5) is 14.9. The average molecular weight is 643 g/mol. The molecule has 0 N–H and O–H groups in total. The van der Waals surface area contributed by atoms with Crippen LogP contribution in [0.3, 0.4) is 0 Å². The topological polar surface area (TPSA) is 56.7 Å². The van der Waals surface area contributed by atoms with Crippen molar-refractivity contribution in [2.24, 2.45) is 0 Å². The highest BCUT2D eigenvalue weighted by atomic mass is 16.3. The van der Waals surface area contributed by atoms with E-state index in [0.29, 0.717) is 11.6 Å². The highest BCUT2D eigenvalue weighted by molar-refractivity contribution is 5.84. The number of imidazole rings is 1. The van der Waals surface area contributed by atoms with Gasteiger partial charge in [0.05, 0.1) is 28.7 Å². The molecule has 0 saturated heterocycles. The van der Waals surface area contributed by atoms with Gasteiger partial charge in [0, 0.05) is 22.4 Å². The molecule has 0 aliphatic rings. The van der Waals surface area contributed by atoms with E-state index in [4.69, 9.17) is 19.4 Å². The third-order valence-electron chi connectivity index (χ3n) is 8.97. The van der Waals surface area contributed by atoms with Crippen molar-refractivity contribution in [3.8, 4) is 73.4 Å². The fourth-order valence-corrected chi connectivity index (χ4v) is 6.45. The fraction of sp³-hybridized carbons (Fsp3) is 0. The van der Waals surface area contributed by atoms with Gasteiger partial charge in [0.2, 0.25) is 0 Å². The van der Waals surface area contributed by atoms with Gasteiger partial charge in [-0.1, -0.05) is 127 Å². The molecule has 0 amide bonds. The Kier molecular flexibility index (Phi) is 7.41. The monoisotopic (exact) mass is 642 g/mol. The second-order valence-electron chi connectivity index (χ2n) is 12.1. The van der Waals surface area contributed by atoms with Crippen LogP contribution in [0, 0.1) is 0 Å². The van der Waals surface area contributed by atoms with Gasteiger partial charge in [0.25, 0.3) is 0 Å². The van der Waals surface area contributed by atoms with Crippen molar-refractivity contribution in [2.75, 3.05) is 0 Å². The third-order valence-corrected chi connectivity index (χ3v) is 8.97. The first-order valence-corrected chi connectivity index (χ1v) is 16.6. The van der Waals surface area contributed by atoms with Gasteiger partial charge in [-0.2, -0.15) is 0 Å². The van der Waals surface area contributed by atoms with Crippen LogP contribution in [-0.2, 0) is 0 Å². The molecular weight excluding hydrogens is 613 g/mol. The van der Waals surface area contributed by atoms with E-state index < -0.39 is 0 Å². The number of benzene rings is 6. The lowest BCUT2D eigenvalue weighted by atomic mass is 9.99. The first kappa shape index (κ1) is 29.3. The summed E-state index contributed by atoms with van der Waals surface area (Å²) in [5.41, 5.74) is 12.4.